The van der Waals surface area contributed by atoms with Crippen molar-refractivity contribution in [3.8, 4) is 0 Å². The summed E-state index contributed by atoms with van der Waals surface area (Å²) in [5.41, 5.74) is 1.56. The lowest BCUT2D eigenvalue weighted by Crippen LogP contribution is -2.48. The molecule has 0 bridgehead atoms. The molecule has 0 unspecified atom stereocenters. The SMILES string of the molecule is CC(=O)N1CCN(c2ccnc(NCCC3=CCCCC3)n2)CC1. The van der Waals surface area contributed by atoms with E-state index in [0.717, 1.165) is 45.0 Å². The second kappa shape index (κ2) is 8.13. The first kappa shape index (κ1) is 16.7. The zero-order valence-electron chi connectivity index (χ0n) is 14.5. The van der Waals surface area contributed by atoms with Crippen LogP contribution in [0, 0.1) is 0 Å². The highest BCUT2D eigenvalue weighted by molar-refractivity contribution is 5.73. The van der Waals surface area contributed by atoms with Crippen LogP contribution in [0.4, 0.5) is 11.8 Å². The zero-order valence-corrected chi connectivity index (χ0v) is 14.5. The van der Waals surface area contributed by atoms with Crippen molar-refractivity contribution in [1.29, 1.82) is 0 Å². The van der Waals surface area contributed by atoms with Crippen LogP contribution in [-0.4, -0.2) is 53.5 Å². The molecule has 1 aromatic heterocycles. The van der Waals surface area contributed by atoms with Crippen molar-refractivity contribution in [2.24, 2.45) is 0 Å². The van der Waals surface area contributed by atoms with Gasteiger partial charge in [0.25, 0.3) is 0 Å². The minimum Gasteiger partial charge on any atom is -0.354 e. The van der Waals surface area contributed by atoms with E-state index in [0.29, 0.717) is 5.95 Å². The number of amides is 1. The number of rotatable bonds is 5. The molecule has 24 heavy (non-hydrogen) atoms. The Morgan fingerprint density at radius 2 is 2.08 bits per heavy atom. The number of hydrogen-bond donors (Lipinski definition) is 1. The van der Waals surface area contributed by atoms with Crippen LogP contribution in [-0.2, 0) is 4.79 Å². The van der Waals surface area contributed by atoms with Crippen LogP contribution < -0.4 is 10.2 Å². The van der Waals surface area contributed by atoms with Crippen LogP contribution >= 0.6 is 0 Å². The molecule has 6 nitrogen and oxygen atoms in total. The third-order valence-electron chi connectivity index (χ3n) is 4.80. The van der Waals surface area contributed by atoms with Gasteiger partial charge >= 0.3 is 0 Å². The summed E-state index contributed by atoms with van der Waals surface area (Å²) in [6.07, 6.45) is 10.4. The van der Waals surface area contributed by atoms with Gasteiger partial charge in [-0.3, -0.25) is 4.79 Å². The predicted molar refractivity (Wildman–Crippen MR) is 96.2 cm³/mol. The first-order valence-corrected chi connectivity index (χ1v) is 8.97. The van der Waals surface area contributed by atoms with Crippen molar-refractivity contribution in [2.75, 3.05) is 42.9 Å². The van der Waals surface area contributed by atoms with Crippen molar-refractivity contribution >= 4 is 17.7 Å². The lowest BCUT2D eigenvalue weighted by atomic mass is 9.97. The third kappa shape index (κ3) is 4.46. The van der Waals surface area contributed by atoms with Gasteiger partial charge in [0, 0.05) is 45.8 Å². The van der Waals surface area contributed by atoms with Crippen LogP contribution in [0.25, 0.3) is 0 Å². The molecule has 1 aromatic rings. The summed E-state index contributed by atoms with van der Waals surface area (Å²) in [5.74, 6) is 1.78. The Hall–Kier alpha value is -2.11. The van der Waals surface area contributed by atoms with Crippen LogP contribution in [0.15, 0.2) is 23.9 Å². The summed E-state index contributed by atoms with van der Waals surface area (Å²) >= 11 is 0. The molecule has 0 saturated carbocycles. The van der Waals surface area contributed by atoms with Crippen LogP contribution in [0.2, 0.25) is 0 Å². The van der Waals surface area contributed by atoms with Gasteiger partial charge in [0.15, 0.2) is 0 Å². The maximum atomic E-state index is 11.4. The summed E-state index contributed by atoms with van der Waals surface area (Å²) in [4.78, 5) is 24.5. The summed E-state index contributed by atoms with van der Waals surface area (Å²) in [5, 5.41) is 3.34. The minimum absolute atomic E-state index is 0.150. The van der Waals surface area contributed by atoms with Gasteiger partial charge in [-0.1, -0.05) is 11.6 Å². The quantitative estimate of drug-likeness (QED) is 0.841. The van der Waals surface area contributed by atoms with Gasteiger partial charge < -0.3 is 15.1 Å². The average Bonchev–Trinajstić information content (AvgIpc) is 2.63. The topological polar surface area (TPSA) is 61.4 Å². The fourth-order valence-corrected chi connectivity index (χ4v) is 3.33. The zero-order chi connectivity index (χ0) is 16.8. The third-order valence-corrected chi connectivity index (χ3v) is 4.80. The van der Waals surface area contributed by atoms with E-state index >= 15 is 0 Å². The van der Waals surface area contributed by atoms with Crippen LogP contribution in [0.3, 0.4) is 0 Å². The molecule has 1 aliphatic heterocycles. The molecule has 0 atom stereocenters. The van der Waals surface area contributed by atoms with E-state index in [9.17, 15) is 4.79 Å². The highest BCUT2D eigenvalue weighted by Gasteiger charge is 2.19. The smallest absolute Gasteiger partial charge is 0.224 e. The maximum Gasteiger partial charge on any atom is 0.224 e. The molecule has 0 spiro atoms. The molecule has 3 rings (SSSR count). The molecule has 130 valence electrons. The average molecular weight is 329 g/mol. The summed E-state index contributed by atoms with van der Waals surface area (Å²) in [6.45, 7) is 5.68. The van der Waals surface area contributed by atoms with Crippen molar-refractivity contribution in [1.82, 2.24) is 14.9 Å². The van der Waals surface area contributed by atoms with E-state index in [1.807, 2.05) is 17.2 Å². The Balaban J connectivity index is 1.51. The normalized spacial score (nSPS) is 18.3. The second-order valence-electron chi connectivity index (χ2n) is 6.52. The van der Waals surface area contributed by atoms with Crippen LogP contribution in [0.1, 0.15) is 39.0 Å². The summed E-state index contributed by atoms with van der Waals surface area (Å²) < 4.78 is 0. The van der Waals surface area contributed by atoms with E-state index in [-0.39, 0.29) is 5.91 Å². The molecule has 1 aliphatic carbocycles. The largest absolute Gasteiger partial charge is 0.354 e. The molecule has 1 N–H and O–H groups in total. The number of piperazine rings is 1. The predicted octanol–water partition coefficient (Wildman–Crippen LogP) is 2.45. The molecule has 1 fully saturated rings. The fourth-order valence-electron chi connectivity index (χ4n) is 3.33. The summed E-state index contributed by atoms with van der Waals surface area (Å²) in [7, 11) is 0. The highest BCUT2D eigenvalue weighted by Crippen LogP contribution is 2.20. The maximum absolute atomic E-state index is 11.4. The highest BCUT2D eigenvalue weighted by atomic mass is 16.2. The van der Waals surface area contributed by atoms with Gasteiger partial charge in [-0.05, 0) is 38.2 Å². The standard InChI is InChI=1S/C18H27N5O/c1-15(24)22-11-13-23(14-12-22)17-8-10-20-18(21-17)19-9-7-16-5-3-2-4-6-16/h5,8,10H,2-4,6-7,9,11-14H2,1H3,(H,19,20,21). The Bertz CT molecular complexity index is 593. The van der Waals surface area contributed by atoms with Gasteiger partial charge in [0.2, 0.25) is 11.9 Å². The number of aromatic nitrogens is 2. The first-order chi connectivity index (χ1) is 11.7. The molecular formula is C18H27N5O. The van der Waals surface area contributed by atoms with Gasteiger partial charge in [-0.2, -0.15) is 4.98 Å². The Kier molecular flexibility index (Phi) is 5.67. The lowest BCUT2D eigenvalue weighted by Gasteiger charge is -2.34. The molecule has 1 amide bonds. The van der Waals surface area contributed by atoms with Crippen molar-refractivity contribution in [2.45, 2.75) is 39.0 Å². The fraction of sp³-hybridized carbons (Fsp3) is 0.611. The number of carbonyl (C=O) groups is 1. The Labute approximate surface area is 144 Å². The number of allylic oxidation sites excluding steroid dienone is 1. The minimum atomic E-state index is 0.150. The Morgan fingerprint density at radius 3 is 2.79 bits per heavy atom. The molecule has 2 heterocycles. The van der Waals surface area contributed by atoms with Crippen molar-refractivity contribution < 1.29 is 4.79 Å². The van der Waals surface area contributed by atoms with E-state index in [1.54, 1.807) is 12.5 Å². The van der Waals surface area contributed by atoms with Crippen LogP contribution in [0.5, 0.6) is 0 Å². The molecule has 2 aliphatic rings. The molecule has 6 heteroatoms. The monoisotopic (exact) mass is 329 g/mol. The first-order valence-electron chi connectivity index (χ1n) is 8.97. The number of nitrogens with zero attached hydrogens (tertiary/aromatic N) is 4. The number of carbonyl (C=O) groups excluding carboxylic acids is 1. The number of anilines is 2. The lowest BCUT2D eigenvalue weighted by molar-refractivity contribution is -0.129. The summed E-state index contributed by atoms with van der Waals surface area (Å²) in [6, 6.07) is 1.94. The van der Waals surface area contributed by atoms with Crippen molar-refractivity contribution in [3.63, 3.8) is 0 Å². The van der Waals surface area contributed by atoms with E-state index in [4.69, 9.17) is 0 Å². The molecular weight excluding hydrogens is 302 g/mol. The molecule has 1 saturated heterocycles. The number of nitrogens with one attached hydrogen (secondary N) is 1. The molecule has 0 aromatic carbocycles. The Morgan fingerprint density at radius 1 is 1.25 bits per heavy atom. The van der Waals surface area contributed by atoms with E-state index in [1.165, 1.54) is 25.7 Å². The second-order valence-corrected chi connectivity index (χ2v) is 6.52. The number of hydrogen-bond acceptors (Lipinski definition) is 5. The van der Waals surface area contributed by atoms with E-state index in [2.05, 4.69) is 26.3 Å². The van der Waals surface area contributed by atoms with Gasteiger partial charge in [-0.25, -0.2) is 4.98 Å². The van der Waals surface area contributed by atoms with Crippen molar-refractivity contribution in [3.05, 3.63) is 23.9 Å². The van der Waals surface area contributed by atoms with Gasteiger partial charge in [0.1, 0.15) is 5.82 Å². The molecule has 0 radical (unpaired) electrons. The van der Waals surface area contributed by atoms with Gasteiger partial charge in [-0.15, -0.1) is 0 Å². The van der Waals surface area contributed by atoms with E-state index < -0.39 is 0 Å². The van der Waals surface area contributed by atoms with Gasteiger partial charge in [0.05, 0.1) is 0 Å².